The Morgan fingerprint density at radius 2 is 2.00 bits per heavy atom. The van der Waals surface area contributed by atoms with E-state index in [0.29, 0.717) is 18.6 Å². The summed E-state index contributed by atoms with van der Waals surface area (Å²) in [7, 11) is 0. The minimum atomic E-state index is -0.656. The van der Waals surface area contributed by atoms with Gasteiger partial charge in [0.15, 0.2) is 0 Å². The summed E-state index contributed by atoms with van der Waals surface area (Å²) in [6.07, 6.45) is 2.96. The van der Waals surface area contributed by atoms with E-state index < -0.39 is 11.2 Å². The molecule has 96 valence electrons. The highest BCUT2D eigenvalue weighted by atomic mass is 16.4. The van der Waals surface area contributed by atoms with Gasteiger partial charge in [-0.2, -0.15) is 0 Å². The molecule has 17 heavy (non-hydrogen) atoms. The maximum absolute atomic E-state index is 11.3. The molecule has 0 saturated heterocycles. The van der Waals surface area contributed by atoms with Crippen molar-refractivity contribution in [1.82, 2.24) is 0 Å². The zero-order chi connectivity index (χ0) is 13.1. The molecular formula is C13H20O4. The second-order valence-corrected chi connectivity index (χ2v) is 5.03. The smallest absolute Gasteiger partial charge is 0.342 e. The van der Waals surface area contributed by atoms with Crippen LogP contribution >= 0.6 is 0 Å². The van der Waals surface area contributed by atoms with Gasteiger partial charge in [-0.15, -0.1) is 0 Å². The van der Waals surface area contributed by atoms with Gasteiger partial charge in [0.1, 0.15) is 11.5 Å². The highest BCUT2D eigenvalue weighted by Gasteiger charge is 2.12. The Labute approximate surface area is 101 Å². The van der Waals surface area contributed by atoms with Crippen molar-refractivity contribution in [3.05, 3.63) is 27.8 Å². The molecular weight excluding hydrogens is 220 g/mol. The minimum absolute atomic E-state index is 0.0151. The number of unbranched alkanes of at least 4 members (excludes halogenated alkanes) is 1. The van der Waals surface area contributed by atoms with Crippen LogP contribution < -0.4 is 5.63 Å². The average molecular weight is 240 g/mol. The van der Waals surface area contributed by atoms with Crippen molar-refractivity contribution in [2.24, 2.45) is 0 Å². The molecule has 0 aliphatic rings. The topological polar surface area (TPSA) is 70.7 Å². The molecule has 1 rings (SSSR count). The predicted octanol–water partition coefficient (Wildman–Crippen LogP) is 2.14. The first-order valence-corrected chi connectivity index (χ1v) is 5.84. The Morgan fingerprint density at radius 1 is 1.35 bits per heavy atom. The molecule has 1 aromatic rings. The van der Waals surface area contributed by atoms with E-state index in [4.69, 9.17) is 4.42 Å². The van der Waals surface area contributed by atoms with Crippen molar-refractivity contribution in [3.8, 4) is 5.75 Å². The minimum Gasteiger partial charge on any atom is -0.507 e. The monoisotopic (exact) mass is 240 g/mol. The van der Waals surface area contributed by atoms with E-state index in [-0.39, 0.29) is 11.3 Å². The summed E-state index contributed by atoms with van der Waals surface area (Å²) in [5.41, 5.74) is -0.899. The fraction of sp³-hybridized carbons (Fsp3) is 0.615. The summed E-state index contributed by atoms with van der Waals surface area (Å²) in [6, 6.07) is 1.49. The van der Waals surface area contributed by atoms with Crippen molar-refractivity contribution in [2.75, 3.05) is 0 Å². The number of aryl methyl sites for hydroxylation is 1. The summed E-state index contributed by atoms with van der Waals surface area (Å²) in [6.45, 7) is 5.06. The molecule has 0 fully saturated rings. The summed E-state index contributed by atoms with van der Waals surface area (Å²) >= 11 is 0. The van der Waals surface area contributed by atoms with Crippen LogP contribution in [0, 0.1) is 6.92 Å². The first-order chi connectivity index (χ1) is 7.79. The maximum Gasteiger partial charge on any atom is 0.342 e. The van der Waals surface area contributed by atoms with Gasteiger partial charge >= 0.3 is 5.63 Å². The lowest BCUT2D eigenvalue weighted by Crippen LogP contribution is -2.17. The fourth-order valence-corrected chi connectivity index (χ4v) is 1.57. The average Bonchev–Trinajstić information content (AvgIpc) is 2.19. The van der Waals surface area contributed by atoms with Crippen LogP contribution in [0.2, 0.25) is 0 Å². The van der Waals surface area contributed by atoms with E-state index in [0.717, 1.165) is 12.8 Å². The molecule has 0 saturated carbocycles. The van der Waals surface area contributed by atoms with Gasteiger partial charge in [0.25, 0.3) is 0 Å². The highest BCUT2D eigenvalue weighted by molar-refractivity contribution is 5.28. The molecule has 0 aromatic carbocycles. The zero-order valence-electron chi connectivity index (χ0n) is 10.6. The number of aliphatic hydroxyl groups is 1. The highest BCUT2D eigenvalue weighted by Crippen LogP contribution is 2.17. The quantitative estimate of drug-likeness (QED) is 0.773. The number of aromatic hydroxyl groups is 1. The molecule has 0 bridgehead atoms. The zero-order valence-corrected chi connectivity index (χ0v) is 10.6. The standard InChI is InChI=1S/C13H20O4/c1-9-11(14)8-10(17-12(9)15)6-4-5-7-13(2,3)16/h8,14,16H,4-7H2,1-3H3. The van der Waals surface area contributed by atoms with E-state index in [1.54, 1.807) is 13.8 Å². The van der Waals surface area contributed by atoms with Gasteiger partial charge in [-0.1, -0.05) is 6.42 Å². The Bertz CT molecular complexity index is 426. The molecule has 0 radical (unpaired) electrons. The SMILES string of the molecule is Cc1c(O)cc(CCCCC(C)(C)O)oc1=O. The number of rotatable bonds is 5. The Hall–Kier alpha value is -1.29. The van der Waals surface area contributed by atoms with Gasteiger partial charge in [0, 0.05) is 12.5 Å². The lowest BCUT2D eigenvalue weighted by atomic mass is 10.0. The normalized spacial score (nSPS) is 11.8. The van der Waals surface area contributed by atoms with Crippen molar-refractivity contribution in [1.29, 1.82) is 0 Å². The van der Waals surface area contributed by atoms with Gasteiger partial charge in [-0.05, 0) is 33.6 Å². The molecule has 1 aromatic heterocycles. The van der Waals surface area contributed by atoms with Gasteiger partial charge in [-0.3, -0.25) is 0 Å². The Balaban J connectivity index is 2.51. The van der Waals surface area contributed by atoms with Crippen molar-refractivity contribution < 1.29 is 14.6 Å². The third kappa shape index (κ3) is 4.61. The second-order valence-electron chi connectivity index (χ2n) is 5.03. The van der Waals surface area contributed by atoms with E-state index in [9.17, 15) is 15.0 Å². The van der Waals surface area contributed by atoms with Crippen LogP contribution in [0.5, 0.6) is 5.75 Å². The molecule has 0 atom stereocenters. The molecule has 2 N–H and O–H groups in total. The van der Waals surface area contributed by atoms with Crippen LogP contribution in [0.15, 0.2) is 15.3 Å². The van der Waals surface area contributed by atoms with E-state index in [1.165, 1.54) is 13.0 Å². The van der Waals surface area contributed by atoms with Gasteiger partial charge in [0.05, 0.1) is 11.2 Å². The van der Waals surface area contributed by atoms with Crippen molar-refractivity contribution in [3.63, 3.8) is 0 Å². The molecule has 0 aliphatic carbocycles. The van der Waals surface area contributed by atoms with Crippen LogP contribution in [0.3, 0.4) is 0 Å². The predicted molar refractivity (Wildman–Crippen MR) is 65.2 cm³/mol. The molecule has 0 spiro atoms. The number of hydrogen-bond acceptors (Lipinski definition) is 4. The summed E-state index contributed by atoms with van der Waals surface area (Å²) in [4.78, 5) is 11.3. The van der Waals surface area contributed by atoms with Crippen molar-refractivity contribution >= 4 is 0 Å². The molecule has 1 heterocycles. The first kappa shape index (κ1) is 13.8. The van der Waals surface area contributed by atoms with Gasteiger partial charge < -0.3 is 14.6 Å². The van der Waals surface area contributed by atoms with Crippen LogP contribution in [0.4, 0.5) is 0 Å². The Kier molecular flexibility index (Phi) is 4.34. The summed E-state index contributed by atoms with van der Waals surface area (Å²) in [5.74, 6) is 0.479. The van der Waals surface area contributed by atoms with Crippen LogP contribution in [-0.2, 0) is 6.42 Å². The third-order valence-corrected chi connectivity index (χ3v) is 2.67. The van der Waals surface area contributed by atoms with Gasteiger partial charge in [0.2, 0.25) is 0 Å². The molecule has 0 aliphatic heterocycles. The fourth-order valence-electron chi connectivity index (χ4n) is 1.57. The van der Waals surface area contributed by atoms with E-state index >= 15 is 0 Å². The maximum atomic E-state index is 11.3. The van der Waals surface area contributed by atoms with Crippen LogP contribution in [0.25, 0.3) is 0 Å². The lowest BCUT2D eigenvalue weighted by Gasteiger charge is -2.16. The number of hydrogen-bond donors (Lipinski definition) is 2. The van der Waals surface area contributed by atoms with E-state index in [1.807, 2.05) is 0 Å². The second kappa shape index (κ2) is 5.36. The van der Waals surface area contributed by atoms with Crippen LogP contribution in [0.1, 0.15) is 44.4 Å². The molecule has 4 heteroatoms. The lowest BCUT2D eigenvalue weighted by molar-refractivity contribution is 0.0681. The summed E-state index contributed by atoms with van der Waals surface area (Å²) < 4.78 is 5.04. The first-order valence-electron chi connectivity index (χ1n) is 5.84. The van der Waals surface area contributed by atoms with Crippen LogP contribution in [-0.4, -0.2) is 15.8 Å². The molecule has 0 amide bonds. The third-order valence-electron chi connectivity index (χ3n) is 2.67. The largest absolute Gasteiger partial charge is 0.507 e. The van der Waals surface area contributed by atoms with Crippen molar-refractivity contribution in [2.45, 2.75) is 52.1 Å². The Morgan fingerprint density at radius 3 is 2.53 bits per heavy atom. The molecule has 4 nitrogen and oxygen atoms in total. The summed E-state index contributed by atoms with van der Waals surface area (Å²) in [5, 5.41) is 19.0. The van der Waals surface area contributed by atoms with Gasteiger partial charge in [-0.25, -0.2) is 4.79 Å². The molecule has 0 unspecified atom stereocenters. The van der Waals surface area contributed by atoms with E-state index in [2.05, 4.69) is 0 Å².